The van der Waals surface area contributed by atoms with Crippen LogP contribution in [0.4, 0.5) is 0 Å². The van der Waals surface area contributed by atoms with Gasteiger partial charge in [-0.25, -0.2) is 0 Å². The van der Waals surface area contributed by atoms with E-state index >= 15 is 0 Å². The molecule has 0 aliphatic rings. The first-order valence-electron chi connectivity index (χ1n) is 7.75. The van der Waals surface area contributed by atoms with Crippen molar-refractivity contribution in [2.75, 3.05) is 20.3 Å². The molecule has 0 atom stereocenters. The molecular formula is C18H21N3O3S. The number of hydrogen-bond donors (Lipinski definition) is 4. The molecule has 2 aromatic rings. The van der Waals surface area contributed by atoms with Crippen molar-refractivity contribution in [1.82, 2.24) is 16.2 Å². The van der Waals surface area contributed by atoms with E-state index in [-0.39, 0.29) is 5.11 Å². The number of nitrogens with one attached hydrogen (secondary N) is 3. The lowest BCUT2D eigenvalue weighted by Gasteiger charge is -2.28. The van der Waals surface area contributed by atoms with Crippen LogP contribution in [0.5, 0.6) is 0 Å². The molecule has 0 aromatic heterocycles. The molecule has 6 nitrogen and oxygen atoms in total. The van der Waals surface area contributed by atoms with Crippen LogP contribution in [0.3, 0.4) is 0 Å². The largest absolute Gasteiger partial charge is 0.383 e. The zero-order chi connectivity index (χ0) is 18.1. The maximum absolute atomic E-state index is 12.8. The van der Waals surface area contributed by atoms with Crippen LogP contribution in [0.1, 0.15) is 11.1 Å². The third-order valence-electron chi connectivity index (χ3n) is 3.59. The molecule has 0 saturated carbocycles. The van der Waals surface area contributed by atoms with Gasteiger partial charge in [-0.15, -0.1) is 0 Å². The van der Waals surface area contributed by atoms with Gasteiger partial charge in [-0.05, 0) is 23.3 Å². The predicted octanol–water partition coefficient (Wildman–Crippen LogP) is 1.06. The third-order valence-corrected chi connectivity index (χ3v) is 3.84. The molecule has 1 amide bonds. The molecule has 7 heteroatoms. The maximum Gasteiger partial charge on any atom is 0.279 e. The van der Waals surface area contributed by atoms with Gasteiger partial charge < -0.3 is 15.2 Å². The van der Waals surface area contributed by atoms with Crippen molar-refractivity contribution in [3.8, 4) is 0 Å². The first-order valence-corrected chi connectivity index (χ1v) is 8.16. The van der Waals surface area contributed by atoms with Crippen molar-refractivity contribution in [3.05, 3.63) is 71.8 Å². The first-order chi connectivity index (χ1) is 12.1. The van der Waals surface area contributed by atoms with Crippen LogP contribution in [-0.2, 0) is 15.1 Å². The van der Waals surface area contributed by atoms with Crippen LogP contribution in [0.15, 0.2) is 60.7 Å². The fourth-order valence-corrected chi connectivity index (χ4v) is 2.46. The second-order valence-electron chi connectivity index (χ2n) is 5.27. The summed E-state index contributed by atoms with van der Waals surface area (Å²) in [5.74, 6) is -0.638. The summed E-state index contributed by atoms with van der Waals surface area (Å²) in [4.78, 5) is 12.8. The minimum Gasteiger partial charge on any atom is -0.383 e. The number of thiocarbonyl (C=S) groups is 1. The van der Waals surface area contributed by atoms with Gasteiger partial charge in [0.25, 0.3) is 5.91 Å². The van der Waals surface area contributed by atoms with Crippen molar-refractivity contribution < 1.29 is 14.6 Å². The summed E-state index contributed by atoms with van der Waals surface area (Å²) in [5, 5.41) is 14.3. The van der Waals surface area contributed by atoms with Crippen molar-refractivity contribution in [2.45, 2.75) is 5.60 Å². The van der Waals surface area contributed by atoms with Gasteiger partial charge >= 0.3 is 0 Å². The minimum absolute atomic E-state index is 0.230. The predicted molar refractivity (Wildman–Crippen MR) is 99.6 cm³/mol. The number of carbonyl (C=O) groups excluding carboxylic acids is 1. The van der Waals surface area contributed by atoms with Gasteiger partial charge in [0.1, 0.15) is 0 Å². The van der Waals surface area contributed by atoms with Gasteiger partial charge in [-0.1, -0.05) is 60.7 Å². The number of benzene rings is 2. The Morgan fingerprint density at radius 2 is 1.56 bits per heavy atom. The number of rotatable bonds is 6. The number of hydrazine groups is 1. The lowest BCUT2D eigenvalue weighted by molar-refractivity contribution is -0.137. The Labute approximate surface area is 152 Å². The van der Waals surface area contributed by atoms with E-state index in [2.05, 4.69) is 16.2 Å². The van der Waals surface area contributed by atoms with Crippen molar-refractivity contribution in [1.29, 1.82) is 0 Å². The third kappa shape index (κ3) is 4.76. The lowest BCUT2D eigenvalue weighted by atomic mass is 9.85. The van der Waals surface area contributed by atoms with Crippen LogP contribution in [0.2, 0.25) is 0 Å². The Balaban J connectivity index is 2.16. The fourth-order valence-electron chi connectivity index (χ4n) is 2.30. The Kier molecular flexibility index (Phi) is 6.88. The monoisotopic (exact) mass is 359 g/mol. The zero-order valence-electron chi connectivity index (χ0n) is 13.9. The number of methoxy groups -OCH3 is 1. The van der Waals surface area contributed by atoms with E-state index in [0.717, 1.165) is 0 Å². The molecule has 0 bridgehead atoms. The van der Waals surface area contributed by atoms with Crippen molar-refractivity contribution in [3.63, 3.8) is 0 Å². The average molecular weight is 359 g/mol. The molecule has 0 heterocycles. The zero-order valence-corrected chi connectivity index (χ0v) is 14.7. The molecule has 0 aliphatic carbocycles. The molecular weight excluding hydrogens is 338 g/mol. The molecule has 0 unspecified atom stereocenters. The highest BCUT2D eigenvalue weighted by Gasteiger charge is 2.39. The van der Waals surface area contributed by atoms with E-state index < -0.39 is 11.5 Å². The Morgan fingerprint density at radius 1 is 1.04 bits per heavy atom. The summed E-state index contributed by atoms with van der Waals surface area (Å²) in [6.07, 6.45) is 0. The first kappa shape index (κ1) is 18.9. The van der Waals surface area contributed by atoms with Crippen LogP contribution in [0, 0.1) is 0 Å². The Morgan fingerprint density at radius 3 is 2.04 bits per heavy atom. The second kappa shape index (κ2) is 9.12. The molecule has 2 rings (SSSR count). The highest BCUT2D eigenvalue weighted by atomic mass is 32.1. The number of carbonyl (C=O) groups is 1. The highest BCUT2D eigenvalue weighted by Crippen LogP contribution is 2.29. The van der Waals surface area contributed by atoms with Gasteiger partial charge in [0.2, 0.25) is 0 Å². The lowest BCUT2D eigenvalue weighted by Crippen LogP contribution is -2.54. The summed E-state index contributed by atoms with van der Waals surface area (Å²) >= 11 is 5.07. The van der Waals surface area contributed by atoms with Crippen molar-refractivity contribution in [2.24, 2.45) is 0 Å². The Bertz CT molecular complexity index is 656. The summed E-state index contributed by atoms with van der Waals surface area (Å²) < 4.78 is 4.91. The van der Waals surface area contributed by atoms with Crippen LogP contribution in [0.25, 0.3) is 0 Å². The molecule has 0 fully saturated rings. The molecule has 0 spiro atoms. The molecule has 2 aromatic carbocycles. The maximum atomic E-state index is 12.8. The van der Waals surface area contributed by atoms with E-state index in [0.29, 0.717) is 24.3 Å². The van der Waals surface area contributed by atoms with Crippen molar-refractivity contribution >= 4 is 23.2 Å². The fraction of sp³-hybridized carbons (Fsp3) is 0.222. The number of ether oxygens (including phenoxy) is 1. The molecule has 25 heavy (non-hydrogen) atoms. The summed E-state index contributed by atoms with van der Waals surface area (Å²) in [6, 6.07) is 17.5. The molecule has 0 aliphatic heterocycles. The van der Waals surface area contributed by atoms with Crippen LogP contribution in [-0.4, -0.2) is 36.4 Å². The van der Waals surface area contributed by atoms with E-state index in [4.69, 9.17) is 17.0 Å². The summed E-state index contributed by atoms with van der Waals surface area (Å²) in [7, 11) is 1.58. The number of hydrogen-bond acceptors (Lipinski definition) is 4. The van der Waals surface area contributed by atoms with Gasteiger partial charge in [0.15, 0.2) is 10.7 Å². The average Bonchev–Trinajstić information content (AvgIpc) is 2.67. The SMILES string of the molecule is COCCNC(=S)NNC(=O)C(O)(c1ccccc1)c1ccccc1. The summed E-state index contributed by atoms with van der Waals surface area (Å²) in [6.45, 7) is 0.980. The highest BCUT2D eigenvalue weighted by molar-refractivity contribution is 7.80. The second-order valence-corrected chi connectivity index (χ2v) is 5.68. The normalized spacial score (nSPS) is 10.8. The van der Waals surface area contributed by atoms with Crippen LogP contribution >= 0.6 is 12.2 Å². The van der Waals surface area contributed by atoms with Gasteiger partial charge in [0, 0.05) is 13.7 Å². The Hall–Kier alpha value is -2.48. The van der Waals surface area contributed by atoms with E-state index in [1.165, 1.54) is 0 Å². The van der Waals surface area contributed by atoms with Crippen LogP contribution < -0.4 is 16.2 Å². The molecule has 4 N–H and O–H groups in total. The molecule has 132 valence electrons. The van der Waals surface area contributed by atoms with E-state index in [1.54, 1.807) is 55.6 Å². The smallest absolute Gasteiger partial charge is 0.279 e. The summed E-state index contributed by atoms with van der Waals surface area (Å²) in [5.41, 5.74) is 4.12. The number of amides is 1. The minimum atomic E-state index is -1.85. The topological polar surface area (TPSA) is 82.6 Å². The van der Waals surface area contributed by atoms with Gasteiger partial charge in [-0.2, -0.15) is 0 Å². The molecule has 0 saturated heterocycles. The quantitative estimate of drug-likeness (QED) is 0.351. The van der Waals surface area contributed by atoms with E-state index in [1.807, 2.05) is 12.1 Å². The molecule has 0 radical (unpaired) electrons. The van der Waals surface area contributed by atoms with Gasteiger partial charge in [-0.3, -0.25) is 15.6 Å². The van der Waals surface area contributed by atoms with E-state index in [9.17, 15) is 9.90 Å². The number of aliphatic hydroxyl groups is 1. The standard InChI is InChI=1S/C18H21N3O3S/c1-24-13-12-19-17(25)21-20-16(22)18(23,14-8-4-2-5-9-14)15-10-6-3-7-11-15/h2-11,23H,12-13H2,1H3,(H,20,22)(H2,19,21,25). The van der Waals surface area contributed by atoms with Gasteiger partial charge in [0.05, 0.1) is 6.61 Å².